The summed E-state index contributed by atoms with van der Waals surface area (Å²) in [5.74, 6) is 6.55. The van der Waals surface area contributed by atoms with Crippen molar-refractivity contribution in [3.05, 3.63) is 28.7 Å². The van der Waals surface area contributed by atoms with Crippen molar-refractivity contribution in [2.24, 2.45) is 5.84 Å². The van der Waals surface area contributed by atoms with Crippen molar-refractivity contribution in [2.75, 3.05) is 23.4 Å². The maximum atomic E-state index is 5.46. The molecule has 0 bridgehead atoms. The number of nitrogens with two attached hydrogens (primary N) is 1. The molecular weight excluding hydrogens is 352 g/mol. The van der Waals surface area contributed by atoms with Crippen LogP contribution < -0.4 is 16.2 Å². The van der Waals surface area contributed by atoms with Crippen molar-refractivity contribution in [3.63, 3.8) is 0 Å². The number of hydrogen-bond donors (Lipinski definition) is 2. The lowest BCUT2D eigenvalue weighted by molar-refractivity contribution is 0.827. The summed E-state index contributed by atoms with van der Waals surface area (Å²) < 4.78 is 1.05. The highest BCUT2D eigenvalue weighted by atomic mass is 79.9. The summed E-state index contributed by atoms with van der Waals surface area (Å²) in [5.41, 5.74) is 2.52. The second-order valence-corrected chi connectivity index (χ2v) is 6.59. The zero-order valence-corrected chi connectivity index (χ0v) is 13.7. The minimum atomic E-state index is 0.395. The molecule has 6 nitrogen and oxygen atoms in total. The first-order chi connectivity index (χ1) is 10.2. The van der Waals surface area contributed by atoms with Gasteiger partial charge in [0.15, 0.2) is 5.16 Å². The van der Waals surface area contributed by atoms with Gasteiger partial charge in [-0.2, -0.15) is 15.0 Å². The Balaban J connectivity index is 1.86. The highest BCUT2D eigenvalue weighted by molar-refractivity contribution is 9.10. The Hall–Kier alpha value is -1.38. The van der Waals surface area contributed by atoms with E-state index in [1.54, 1.807) is 0 Å². The SMILES string of the molecule is NNc1nc(Sc2ccc(Br)cc2)nc(N2CCCC2)n1. The molecule has 1 aromatic heterocycles. The van der Waals surface area contributed by atoms with E-state index >= 15 is 0 Å². The Morgan fingerprint density at radius 3 is 2.48 bits per heavy atom. The minimum Gasteiger partial charge on any atom is -0.341 e. The smallest absolute Gasteiger partial charge is 0.242 e. The Morgan fingerprint density at radius 2 is 1.81 bits per heavy atom. The van der Waals surface area contributed by atoms with Crippen molar-refractivity contribution in [2.45, 2.75) is 22.9 Å². The van der Waals surface area contributed by atoms with Gasteiger partial charge in [-0.1, -0.05) is 15.9 Å². The number of rotatable bonds is 4. The summed E-state index contributed by atoms with van der Waals surface area (Å²) in [4.78, 5) is 16.4. The van der Waals surface area contributed by atoms with Crippen molar-refractivity contribution in [3.8, 4) is 0 Å². The quantitative estimate of drug-likeness (QED) is 0.635. The molecule has 0 unspecified atom stereocenters. The van der Waals surface area contributed by atoms with Gasteiger partial charge < -0.3 is 4.90 Å². The first-order valence-corrected chi connectivity index (χ1v) is 8.26. The molecule has 0 atom stereocenters. The van der Waals surface area contributed by atoms with Crippen molar-refractivity contribution < 1.29 is 0 Å². The zero-order chi connectivity index (χ0) is 14.7. The Bertz CT molecular complexity index is 615. The molecule has 1 aromatic carbocycles. The number of nitrogens with one attached hydrogen (secondary N) is 1. The van der Waals surface area contributed by atoms with E-state index in [0.717, 1.165) is 22.5 Å². The summed E-state index contributed by atoms with van der Waals surface area (Å²) in [6.07, 6.45) is 2.35. The third kappa shape index (κ3) is 3.63. The number of aromatic nitrogens is 3. The zero-order valence-electron chi connectivity index (χ0n) is 11.3. The molecule has 1 saturated heterocycles. The molecule has 21 heavy (non-hydrogen) atoms. The fourth-order valence-electron chi connectivity index (χ4n) is 2.12. The first kappa shape index (κ1) is 14.6. The number of benzene rings is 1. The first-order valence-electron chi connectivity index (χ1n) is 6.65. The van der Waals surface area contributed by atoms with E-state index in [4.69, 9.17) is 5.84 Å². The monoisotopic (exact) mass is 366 g/mol. The topological polar surface area (TPSA) is 80.0 Å². The van der Waals surface area contributed by atoms with Crippen LogP contribution in [0.4, 0.5) is 11.9 Å². The predicted molar refractivity (Wildman–Crippen MR) is 87.3 cm³/mol. The van der Waals surface area contributed by atoms with Gasteiger partial charge in [0.1, 0.15) is 0 Å². The molecule has 110 valence electrons. The summed E-state index contributed by atoms with van der Waals surface area (Å²) in [6, 6.07) is 8.02. The number of nitrogen functional groups attached to an aromatic ring is 1. The van der Waals surface area contributed by atoms with E-state index in [9.17, 15) is 0 Å². The van der Waals surface area contributed by atoms with Gasteiger partial charge in [0.05, 0.1) is 0 Å². The fourth-order valence-corrected chi connectivity index (χ4v) is 3.13. The van der Waals surface area contributed by atoms with Crippen molar-refractivity contribution in [1.29, 1.82) is 0 Å². The molecule has 2 heterocycles. The number of halogens is 1. The highest BCUT2D eigenvalue weighted by Gasteiger charge is 2.17. The van der Waals surface area contributed by atoms with Crippen LogP contribution >= 0.6 is 27.7 Å². The normalized spacial score (nSPS) is 14.5. The maximum absolute atomic E-state index is 5.46. The largest absolute Gasteiger partial charge is 0.341 e. The molecule has 0 radical (unpaired) electrons. The number of hydrazine groups is 1. The predicted octanol–water partition coefficient (Wildman–Crippen LogP) is 2.67. The average Bonchev–Trinajstić information content (AvgIpc) is 3.04. The molecule has 3 rings (SSSR count). The summed E-state index contributed by atoms with van der Waals surface area (Å²) in [6.45, 7) is 1.97. The van der Waals surface area contributed by atoms with Gasteiger partial charge in [0, 0.05) is 22.5 Å². The van der Waals surface area contributed by atoms with E-state index in [2.05, 4.69) is 41.2 Å². The van der Waals surface area contributed by atoms with Gasteiger partial charge >= 0.3 is 0 Å². The van der Waals surface area contributed by atoms with Crippen LogP contribution in [-0.4, -0.2) is 28.0 Å². The summed E-state index contributed by atoms with van der Waals surface area (Å²) >= 11 is 4.92. The Labute approximate surface area is 135 Å². The third-order valence-electron chi connectivity index (χ3n) is 3.14. The van der Waals surface area contributed by atoms with E-state index in [-0.39, 0.29) is 0 Å². The Kier molecular flexibility index (Phi) is 4.57. The molecule has 0 saturated carbocycles. The maximum Gasteiger partial charge on any atom is 0.242 e. The van der Waals surface area contributed by atoms with Gasteiger partial charge in [0.2, 0.25) is 11.9 Å². The molecule has 0 amide bonds. The van der Waals surface area contributed by atoms with E-state index < -0.39 is 0 Å². The van der Waals surface area contributed by atoms with Gasteiger partial charge in [-0.25, -0.2) is 5.84 Å². The van der Waals surface area contributed by atoms with Crippen LogP contribution in [0, 0.1) is 0 Å². The number of anilines is 2. The fraction of sp³-hybridized carbons (Fsp3) is 0.308. The average molecular weight is 367 g/mol. The van der Waals surface area contributed by atoms with Crippen LogP contribution in [0.25, 0.3) is 0 Å². The van der Waals surface area contributed by atoms with Crippen LogP contribution in [0.3, 0.4) is 0 Å². The standard InChI is InChI=1S/C13H15BrN6S/c14-9-3-5-10(6-4-9)21-13-17-11(19-15)16-12(18-13)20-7-1-2-8-20/h3-6H,1-2,7-8,15H2,(H,16,17,18,19). The molecule has 8 heteroatoms. The lowest BCUT2D eigenvalue weighted by Gasteiger charge is -2.16. The van der Waals surface area contributed by atoms with Crippen LogP contribution in [0.5, 0.6) is 0 Å². The van der Waals surface area contributed by atoms with E-state index in [1.807, 2.05) is 24.3 Å². The van der Waals surface area contributed by atoms with Gasteiger partial charge in [-0.05, 0) is 48.9 Å². The van der Waals surface area contributed by atoms with Crippen LogP contribution in [0.2, 0.25) is 0 Å². The second kappa shape index (κ2) is 6.59. The summed E-state index contributed by atoms with van der Waals surface area (Å²) in [5, 5.41) is 0.641. The Morgan fingerprint density at radius 1 is 1.10 bits per heavy atom. The van der Waals surface area contributed by atoms with Gasteiger partial charge in [0.25, 0.3) is 0 Å². The molecule has 0 aliphatic carbocycles. The lowest BCUT2D eigenvalue weighted by atomic mass is 10.4. The minimum absolute atomic E-state index is 0.395. The van der Waals surface area contributed by atoms with Crippen LogP contribution in [-0.2, 0) is 0 Å². The molecule has 1 aliphatic rings. The van der Waals surface area contributed by atoms with Gasteiger partial charge in [-0.3, -0.25) is 5.43 Å². The molecule has 2 aromatic rings. The van der Waals surface area contributed by atoms with Gasteiger partial charge in [-0.15, -0.1) is 0 Å². The highest BCUT2D eigenvalue weighted by Crippen LogP contribution is 2.28. The van der Waals surface area contributed by atoms with Crippen LogP contribution in [0.1, 0.15) is 12.8 Å². The van der Waals surface area contributed by atoms with Crippen molar-refractivity contribution in [1.82, 2.24) is 15.0 Å². The molecule has 0 spiro atoms. The van der Waals surface area contributed by atoms with E-state index in [0.29, 0.717) is 17.1 Å². The molecule has 3 N–H and O–H groups in total. The molecular formula is C13H15BrN6S. The number of nitrogens with zero attached hydrogens (tertiary/aromatic N) is 4. The van der Waals surface area contributed by atoms with Crippen LogP contribution in [0.15, 0.2) is 38.8 Å². The molecule has 1 fully saturated rings. The van der Waals surface area contributed by atoms with E-state index in [1.165, 1.54) is 24.6 Å². The van der Waals surface area contributed by atoms with Crippen molar-refractivity contribution >= 4 is 39.6 Å². The lowest BCUT2D eigenvalue weighted by Crippen LogP contribution is -2.22. The summed E-state index contributed by atoms with van der Waals surface area (Å²) in [7, 11) is 0. The second-order valence-electron chi connectivity index (χ2n) is 4.64. The molecule has 1 aliphatic heterocycles. The third-order valence-corrected chi connectivity index (χ3v) is 4.55. The number of hydrogen-bond acceptors (Lipinski definition) is 7.